The second kappa shape index (κ2) is 12.9. The van der Waals surface area contributed by atoms with Gasteiger partial charge in [0, 0.05) is 12.2 Å². The van der Waals surface area contributed by atoms with Gasteiger partial charge in [0.05, 0.1) is 18.8 Å². The van der Waals surface area contributed by atoms with E-state index in [0.717, 1.165) is 0 Å². The van der Waals surface area contributed by atoms with Crippen molar-refractivity contribution in [3.05, 3.63) is 59.7 Å². The van der Waals surface area contributed by atoms with Crippen molar-refractivity contribution in [1.82, 2.24) is 10.9 Å². The Morgan fingerprint density at radius 3 is 1.97 bits per heavy atom. The molecule has 0 heterocycles. The van der Waals surface area contributed by atoms with Gasteiger partial charge in [0.15, 0.2) is 6.61 Å². The van der Waals surface area contributed by atoms with E-state index in [4.69, 9.17) is 18.9 Å². The first-order chi connectivity index (χ1) is 15.0. The van der Waals surface area contributed by atoms with Gasteiger partial charge in [-0.25, -0.2) is 4.79 Å². The van der Waals surface area contributed by atoms with Crippen molar-refractivity contribution in [2.24, 2.45) is 0 Å². The fourth-order valence-corrected chi connectivity index (χ4v) is 2.35. The molecular formula is C22H26N2O7. The molecule has 31 heavy (non-hydrogen) atoms. The Kier molecular flexibility index (Phi) is 9.83. The molecule has 2 amide bonds. The number of hydrogen-bond acceptors (Lipinski definition) is 7. The van der Waals surface area contributed by atoms with Crippen molar-refractivity contribution in [2.75, 3.05) is 33.0 Å². The molecule has 9 heteroatoms. The van der Waals surface area contributed by atoms with Crippen LogP contribution in [0.3, 0.4) is 0 Å². The topological polar surface area (TPSA) is 112 Å². The van der Waals surface area contributed by atoms with E-state index >= 15 is 0 Å². The standard InChI is InChI=1S/C22H26N2O7/c1-3-28-13-14-30-18-9-5-16(6-10-18)21(26)24-23-20(25)15-31-19-11-7-17(8-12-19)22(27)29-4-2/h5-12H,3-4,13-15H2,1-2H3,(H,23,25)(H,24,26). The van der Waals surface area contributed by atoms with Crippen LogP contribution in [0, 0.1) is 0 Å². The van der Waals surface area contributed by atoms with E-state index in [9.17, 15) is 14.4 Å². The predicted molar refractivity (Wildman–Crippen MR) is 112 cm³/mol. The summed E-state index contributed by atoms with van der Waals surface area (Å²) in [4.78, 5) is 35.6. The minimum atomic E-state index is -0.543. The Hall–Kier alpha value is -3.59. The first-order valence-electron chi connectivity index (χ1n) is 9.83. The highest BCUT2D eigenvalue weighted by molar-refractivity contribution is 5.95. The van der Waals surface area contributed by atoms with Crippen molar-refractivity contribution in [2.45, 2.75) is 13.8 Å². The van der Waals surface area contributed by atoms with Gasteiger partial charge in [0.1, 0.15) is 18.1 Å². The molecule has 0 spiro atoms. The van der Waals surface area contributed by atoms with Crippen molar-refractivity contribution in [3.63, 3.8) is 0 Å². The van der Waals surface area contributed by atoms with E-state index in [-0.39, 0.29) is 13.2 Å². The summed E-state index contributed by atoms with van der Waals surface area (Å²) in [5.41, 5.74) is 5.33. The minimum absolute atomic E-state index is 0.287. The van der Waals surface area contributed by atoms with Crippen molar-refractivity contribution >= 4 is 17.8 Å². The van der Waals surface area contributed by atoms with Crippen molar-refractivity contribution < 1.29 is 33.3 Å². The third kappa shape index (κ3) is 8.35. The van der Waals surface area contributed by atoms with Gasteiger partial charge in [-0.3, -0.25) is 20.4 Å². The molecule has 0 aromatic heterocycles. The lowest BCUT2D eigenvalue weighted by Crippen LogP contribution is -2.43. The second-order valence-electron chi connectivity index (χ2n) is 6.11. The molecule has 2 N–H and O–H groups in total. The smallest absolute Gasteiger partial charge is 0.338 e. The lowest BCUT2D eigenvalue weighted by molar-refractivity contribution is -0.123. The van der Waals surface area contributed by atoms with Gasteiger partial charge in [0.25, 0.3) is 11.8 Å². The minimum Gasteiger partial charge on any atom is -0.491 e. The molecule has 0 bridgehead atoms. The lowest BCUT2D eigenvalue weighted by Gasteiger charge is -2.10. The number of carbonyl (C=O) groups is 3. The summed E-state index contributed by atoms with van der Waals surface area (Å²) in [6.07, 6.45) is 0. The van der Waals surface area contributed by atoms with Crippen LogP contribution in [0.4, 0.5) is 0 Å². The summed E-state index contributed by atoms with van der Waals surface area (Å²) in [6, 6.07) is 12.7. The molecule has 166 valence electrons. The fourth-order valence-electron chi connectivity index (χ4n) is 2.35. The summed E-state index contributed by atoms with van der Waals surface area (Å²) in [5.74, 6) is -0.441. The Labute approximate surface area is 180 Å². The van der Waals surface area contributed by atoms with Crippen LogP contribution in [0.1, 0.15) is 34.6 Å². The van der Waals surface area contributed by atoms with Gasteiger partial charge < -0.3 is 18.9 Å². The van der Waals surface area contributed by atoms with Crippen LogP contribution in [0.25, 0.3) is 0 Å². The van der Waals surface area contributed by atoms with Gasteiger partial charge in [-0.2, -0.15) is 0 Å². The summed E-state index contributed by atoms with van der Waals surface area (Å²) >= 11 is 0. The maximum atomic E-state index is 12.1. The highest BCUT2D eigenvalue weighted by atomic mass is 16.5. The van der Waals surface area contributed by atoms with Gasteiger partial charge in [0.2, 0.25) is 0 Å². The molecular weight excluding hydrogens is 404 g/mol. The largest absolute Gasteiger partial charge is 0.491 e. The van der Waals surface area contributed by atoms with Crippen LogP contribution in [-0.2, 0) is 14.3 Å². The van der Waals surface area contributed by atoms with Crippen LogP contribution in [0.15, 0.2) is 48.5 Å². The average Bonchev–Trinajstić information content (AvgIpc) is 2.80. The molecule has 0 aliphatic rings. The zero-order valence-electron chi connectivity index (χ0n) is 17.5. The number of amides is 2. The van der Waals surface area contributed by atoms with Crippen molar-refractivity contribution in [1.29, 1.82) is 0 Å². The summed E-state index contributed by atoms with van der Waals surface area (Å²) < 4.78 is 20.9. The fraction of sp³-hybridized carbons (Fsp3) is 0.318. The molecule has 2 aromatic rings. The number of ether oxygens (including phenoxy) is 4. The highest BCUT2D eigenvalue weighted by Gasteiger charge is 2.09. The Bertz CT molecular complexity index is 851. The van der Waals surface area contributed by atoms with Gasteiger partial charge in [-0.1, -0.05) is 0 Å². The number of benzene rings is 2. The number of hydrazine groups is 1. The molecule has 0 aliphatic heterocycles. The summed E-state index contributed by atoms with van der Waals surface area (Å²) in [7, 11) is 0. The molecule has 0 fully saturated rings. The first kappa shape index (κ1) is 23.7. The van der Waals surface area contributed by atoms with Gasteiger partial charge in [-0.15, -0.1) is 0 Å². The quantitative estimate of drug-likeness (QED) is 0.319. The number of carbonyl (C=O) groups excluding carboxylic acids is 3. The third-order valence-electron chi connectivity index (χ3n) is 3.87. The zero-order valence-corrected chi connectivity index (χ0v) is 17.5. The molecule has 0 atom stereocenters. The van der Waals surface area contributed by atoms with Crippen LogP contribution in [0.5, 0.6) is 11.5 Å². The van der Waals surface area contributed by atoms with E-state index in [1.807, 2.05) is 6.92 Å². The molecule has 0 unspecified atom stereocenters. The normalized spacial score (nSPS) is 10.1. The molecule has 0 aliphatic carbocycles. The molecule has 9 nitrogen and oxygen atoms in total. The van der Waals surface area contributed by atoms with Gasteiger partial charge in [-0.05, 0) is 62.4 Å². The van der Waals surface area contributed by atoms with Crippen LogP contribution >= 0.6 is 0 Å². The Balaban J connectivity index is 1.72. The maximum absolute atomic E-state index is 12.1. The maximum Gasteiger partial charge on any atom is 0.338 e. The Morgan fingerprint density at radius 2 is 1.35 bits per heavy atom. The molecule has 2 aromatic carbocycles. The van der Waals surface area contributed by atoms with Crippen LogP contribution < -0.4 is 20.3 Å². The van der Waals surface area contributed by atoms with Gasteiger partial charge >= 0.3 is 5.97 Å². The SMILES string of the molecule is CCOCCOc1ccc(C(=O)NNC(=O)COc2ccc(C(=O)OCC)cc2)cc1. The Morgan fingerprint density at radius 1 is 0.742 bits per heavy atom. The average molecular weight is 430 g/mol. The number of hydrogen-bond donors (Lipinski definition) is 2. The van der Waals surface area contributed by atoms with Crippen LogP contribution in [0.2, 0.25) is 0 Å². The summed E-state index contributed by atoms with van der Waals surface area (Å²) in [6.45, 7) is 5.13. The number of nitrogens with one attached hydrogen (secondary N) is 2. The zero-order chi connectivity index (χ0) is 22.5. The van der Waals surface area contributed by atoms with E-state index < -0.39 is 17.8 Å². The second-order valence-corrected chi connectivity index (χ2v) is 6.11. The third-order valence-corrected chi connectivity index (χ3v) is 3.87. The molecule has 0 saturated carbocycles. The number of esters is 1. The van der Waals surface area contributed by atoms with Crippen molar-refractivity contribution in [3.8, 4) is 11.5 Å². The summed E-state index contributed by atoms with van der Waals surface area (Å²) in [5, 5.41) is 0. The van der Waals surface area contributed by atoms with E-state index in [1.54, 1.807) is 43.3 Å². The monoisotopic (exact) mass is 430 g/mol. The van der Waals surface area contributed by atoms with E-state index in [0.29, 0.717) is 42.4 Å². The van der Waals surface area contributed by atoms with Crippen LogP contribution in [-0.4, -0.2) is 50.8 Å². The first-order valence-corrected chi connectivity index (χ1v) is 9.83. The molecule has 0 saturated heterocycles. The van der Waals surface area contributed by atoms with E-state index in [1.165, 1.54) is 12.1 Å². The molecule has 2 rings (SSSR count). The van der Waals surface area contributed by atoms with E-state index in [2.05, 4.69) is 10.9 Å². The predicted octanol–water partition coefficient (Wildman–Crippen LogP) is 2.12. The highest BCUT2D eigenvalue weighted by Crippen LogP contribution is 2.13. The lowest BCUT2D eigenvalue weighted by atomic mass is 10.2. The number of rotatable bonds is 11. The molecule has 0 radical (unpaired) electrons.